The molecular formula is C22H21FN4O5S. The van der Waals surface area contributed by atoms with Crippen LogP contribution in [0, 0.1) is 5.82 Å². The standard InChI is InChI=1S/C22H21FN4O5S/c1-22(2,13-27-33(30,31)18-8-4-5-14(10-18)19(24)28)32-21(29)16-11-25-20(26-12-16)15-6-3-7-17(23)9-15/h3-12,27H,13H2,1-2H3,(H2,24,28). The van der Waals surface area contributed by atoms with Crippen LogP contribution in [-0.2, 0) is 14.8 Å². The molecule has 0 atom stereocenters. The van der Waals surface area contributed by atoms with Gasteiger partial charge < -0.3 is 10.5 Å². The number of halogens is 1. The van der Waals surface area contributed by atoms with Gasteiger partial charge in [0.2, 0.25) is 15.9 Å². The maximum atomic E-state index is 13.4. The van der Waals surface area contributed by atoms with Crippen LogP contribution in [0.25, 0.3) is 11.4 Å². The van der Waals surface area contributed by atoms with E-state index in [9.17, 15) is 22.4 Å². The second kappa shape index (κ2) is 9.43. The predicted octanol–water partition coefficient (Wildman–Crippen LogP) is 2.30. The summed E-state index contributed by atoms with van der Waals surface area (Å²) in [6, 6.07) is 11.0. The minimum absolute atomic E-state index is 0.0419. The van der Waals surface area contributed by atoms with Gasteiger partial charge in [-0.1, -0.05) is 18.2 Å². The fraction of sp³-hybridized carbons (Fsp3) is 0.182. The van der Waals surface area contributed by atoms with Crippen molar-refractivity contribution in [3.63, 3.8) is 0 Å². The number of aromatic nitrogens is 2. The Morgan fingerprint density at radius 3 is 2.36 bits per heavy atom. The molecule has 2 aromatic carbocycles. The lowest BCUT2D eigenvalue weighted by Crippen LogP contribution is -2.41. The van der Waals surface area contributed by atoms with E-state index < -0.39 is 33.3 Å². The molecule has 1 aromatic heterocycles. The third-order valence-corrected chi connectivity index (χ3v) is 5.86. The molecule has 0 saturated carbocycles. The van der Waals surface area contributed by atoms with Gasteiger partial charge in [-0.2, -0.15) is 0 Å². The minimum atomic E-state index is -3.99. The van der Waals surface area contributed by atoms with Crippen LogP contribution < -0.4 is 10.5 Å². The Morgan fingerprint density at radius 2 is 1.73 bits per heavy atom. The molecule has 1 amide bonds. The fourth-order valence-corrected chi connectivity index (χ4v) is 3.97. The highest BCUT2D eigenvalue weighted by molar-refractivity contribution is 7.89. The molecule has 0 spiro atoms. The number of carbonyl (C=O) groups is 2. The number of nitrogens with two attached hydrogens (primary N) is 1. The molecule has 11 heteroatoms. The summed E-state index contributed by atoms with van der Waals surface area (Å²) in [7, 11) is -3.99. The molecule has 3 N–H and O–H groups in total. The largest absolute Gasteiger partial charge is 0.455 e. The van der Waals surface area contributed by atoms with Crippen LogP contribution in [0.5, 0.6) is 0 Å². The van der Waals surface area contributed by atoms with E-state index in [2.05, 4.69) is 14.7 Å². The maximum absolute atomic E-state index is 13.4. The number of nitrogens with one attached hydrogen (secondary N) is 1. The Balaban J connectivity index is 1.65. The highest BCUT2D eigenvalue weighted by atomic mass is 32.2. The van der Waals surface area contributed by atoms with Gasteiger partial charge in [-0.15, -0.1) is 0 Å². The lowest BCUT2D eigenvalue weighted by atomic mass is 10.1. The SMILES string of the molecule is CC(C)(CNS(=O)(=O)c1cccc(C(N)=O)c1)OC(=O)c1cnc(-c2cccc(F)c2)nc1. The number of primary amides is 1. The van der Waals surface area contributed by atoms with Crippen LogP contribution in [0.15, 0.2) is 65.8 Å². The number of nitrogens with zero attached hydrogens (tertiary/aromatic N) is 2. The van der Waals surface area contributed by atoms with Gasteiger partial charge in [-0.25, -0.2) is 32.3 Å². The summed E-state index contributed by atoms with van der Waals surface area (Å²) in [6.07, 6.45) is 2.48. The first-order valence-electron chi connectivity index (χ1n) is 9.68. The van der Waals surface area contributed by atoms with Crippen LogP contribution in [-0.4, -0.2) is 42.4 Å². The van der Waals surface area contributed by atoms with E-state index in [1.807, 2.05) is 0 Å². The molecule has 0 radical (unpaired) electrons. The number of ether oxygens (including phenoxy) is 1. The Bertz CT molecular complexity index is 1290. The van der Waals surface area contributed by atoms with Crippen molar-refractivity contribution < 1.29 is 27.1 Å². The highest BCUT2D eigenvalue weighted by Crippen LogP contribution is 2.18. The summed E-state index contributed by atoms with van der Waals surface area (Å²) >= 11 is 0. The maximum Gasteiger partial charge on any atom is 0.341 e. The van der Waals surface area contributed by atoms with Crippen molar-refractivity contribution in [2.45, 2.75) is 24.3 Å². The van der Waals surface area contributed by atoms with Gasteiger partial charge in [-0.3, -0.25) is 4.79 Å². The lowest BCUT2D eigenvalue weighted by molar-refractivity contribution is 0.00138. The Labute approximate surface area is 189 Å². The fourth-order valence-electron chi connectivity index (χ4n) is 2.72. The van der Waals surface area contributed by atoms with Gasteiger partial charge in [0.05, 0.1) is 17.0 Å². The van der Waals surface area contributed by atoms with E-state index in [1.54, 1.807) is 6.07 Å². The van der Waals surface area contributed by atoms with Crippen molar-refractivity contribution in [3.05, 3.63) is 77.9 Å². The van der Waals surface area contributed by atoms with Crippen LogP contribution in [0.4, 0.5) is 4.39 Å². The molecule has 9 nitrogen and oxygen atoms in total. The molecule has 0 aliphatic carbocycles. The predicted molar refractivity (Wildman–Crippen MR) is 117 cm³/mol. The van der Waals surface area contributed by atoms with Gasteiger partial charge in [0, 0.05) is 23.5 Å². The second-order valence-corrected chi connectivity index (χ2v) is 9.44. The molecule has 0 saturated heterocycles. The summed E-state index contributed by atoms with van der Waals surface area (Å²) in [5, 5.41) is 0. The number of esters is 1. The summed E-state index contributed by atoms with van der Waals surface area (Å²) in [6.45, 7) is 2.80. The molecule has 3 aromatic rings. The Hall–Kier alpha value is -3.70. The zero-order chi connectivity index (χ0) is 24.2. The van der Waals surface area contributed by atoms with E-state index in [0.717, 1.165) is 6.07 Å². The molecule has 0 aliphatic rings. The Kier molecular flexibility index (Phi) is 6.84. The minimum Gasteiger partial charge on any atom is -0.455 e. The number of benzene rings is 2. The van der Waals surface area contributed by atoms with Gasteiger partial charge >= 0.3 is 5.97 Å². The average molecular weight is 472 g/mol. The third-order valence-electron chi connectivity index (χ3n) is 4.46. The van der Waals surface area contributed by atoms with Gasteiger partial charge in [0.1, 0.15) is 11.4 Å². The summed E-state index contributed by atoms with van der Waals surface area (Å²) in [5.74, 6) is -1.73. The first kappa shape index (κ1) is 24.0. The van der Waals surface area contributed by atoms with Gasteiger partial charge in [-0.05, 0) is 44.2 Å². The second-order valence-electron chi connectivity index (χ2n) is 7.67. The molecule has 3 rings (SSSR count). The van der Waals surface area contributed by atoms with E-state index >= 15 is 0 Å². The van der Waals surface area contributed by atoms with Crippen LogP contribution in [0.1, 0.15) is 34.6 Å². The highest BCUT2D eigenvalue weighted by Gasteiger charge is 2.27. The molecule has 0 fully saturated rings. The van der Waals surface area contributed by atoms with Crippen molar-refractivity contribution in [3.8, 4) is 11.4 Å². The molecule has 1 heterocycles. The van der Waals surface area contributed by atoms with Crippen LogP contribution >= 0.6 is 0 Å². The van der Waals surface area contributed by atoms with Crippen LogP contribution in [0.3, 0.4) is 0 Å². The topological polar surface area (TPSA) is 141 Å². The Morgan fingerprint density at radius 1 is 1.06 bits per heavy atom. The number of amides is 1. The smallest absolute Gasteiger partial charge is 0.341 e. The average Bonchev–Trinajstić information content (AvgIpc) is 2.78. The molecule has 33 heavy (non-hydrogen) atoms. The van der Waals surface area contributed by atoms with E-state index in [1.165, 1.54) is 62.6 Å². The van der Waals surface area contributed by atoms with Gasteiger partial charge in [0.25, 0.3) is 0 Å². The third kappa shape index (κ3) is 6.18. The molecule has 0 bridgehead atoms. The molecule has 0 unspecified atom stereocenters. The quantitative estimate of drug-likeness (QED) is 0.479. The van der Waals surface area contributed by atoms with Gasteiger partial charge in [0.15, 0.2) is 5.82 Å². The summed E-state index contributed by atoms with van der Waals surface area (Å²) in [5.41, 5.74) is 4.50. The van der Waals surface area contributed by atoms with Crippen molar-refractivity contribution >= 4 is 21.9 Å². The molecule has 0 aliphatic heterocycles. The lowest BCUT2D eigenvalue weighted by Gasteiger charge is -2.25. The summed E-state index contributed by atoms with van der Waals surface area (Å²) in [4.78, 5) is 31.7. The number of carbonyl (C=O) groups excluding carboxylic acids is 2. The van der Waals surface area contributed by atoms with Crippen molar-refractivity contribution in [2.24, 2.45) is 5.73 Å². The first-order valence-corrected chi connectivity index (χ1v) is 11.2. The van der Waals surface area contributed by atoms with E-state index in [4.69, 9.17) is 10.5 Å². The normalized spacial score (nSPS) is 11.7. The van der Waals surface area contributed by atoms with E-state index in [0.29, 0.717) is 5.56 Å². The first-order chi connectivity index (χ1) is 15.5. The van der Waals surface area contributed by atoms with Crippen molar-refractivity contribution in [1.82, 2.24) is 14.7 Å². The van der Waals surface area contributed by atoms with E-state index in [-0.39, 0.29) is 28.4 Å². The zero-order valence-corrected chi connectivity index (χ0v) is 18.6. The zero-order valence-electron chi connectivity index (χ0n) is 17.8. The number of rotatable bonds is 8. The molecule has 172 valence electrons. The van der Waals surface area contributed by atoms with Crippen molar-refractivity contribution in [1.29, 1.82) is 0 Å². The monoisotopic (exact) mass is 472 g/mol. The number of sulfonamides is 1. The van der Waals surface area contributed by atoms with Crippen LogP contribution in [0.2, 0.25) is 0 Å². The number of hydrogen-bond donors (Lipinski definition) is 2. The summed E-state index contributed by atoms with van der Waals surface area (Å²) < 4.78 is 46.2. The van der Waals surface area contributed by atoms with Crippen molar-refractivity contribution in [2.75, 3.05) is 6.54 Å². The number of hydrogen-bond acceptors (Lipinski definition) is 7. The molecular weight excluding hydrogens is 451 g/mol.